The predicted molar refractivity (Wildman–Crippen MR) is 105 cm³/mol. The van der Waals surface area contributed by atoms with Crippen molar-refractivity contribution < 1.29 is 4.79 Å². The Bertz CT molecular complexity index is 1040. The van der Waals surface area contributed by atoms with Crippen LogP contribution >= 0.6 is 23.2 Å². The molecule has 0 aliphatic heterocycles. The largest absolute Gasteiger partial charge is 0.325 e. The first-order chi connectivity index (χ1) is 12.3. The number of benzene rings is 2. The Morgan fingerprint density at radius 1 is 1.23 bits per heavy atom. The molecule has 1 aromatic heterocycles. The van der Waals surface area contributed by atoms with E-state index in [4.69, 9.17) is 23.2 Å². The summed E-state index contributed by atoms with van der Waals surface area (Å²) in [6.45, 7) is 4.01. The van der Waals surface area contributed by atoms with Crippen LogP contribution < -0.4 is 10.9 Å². The highest BCUT2D eigenvalue weighted by atomic mass is 35.5. The van der Waals surface area contributed by atoms with Crippen molar-refractivity contribution in [2.75, 3.05) is 5.32 Å². The molecule has 0 radical (unpaired) electrons. The lowest BCUT2D eigenvalue weighted by atomic mass is 10.0. The zero-order valence-electron chi connectivity index (χ0n) is 14.3. The van der Waals surface area contributed by atoms with Crippen molar-refractivity contribution in [2.24, 2.45) is 0 Å². The van der Waals surface area contributed by atoms with Crippen LogP contribution in [0.1, 0.15) is 25.3 Å². The van der Waals surface area contributed by atoms with Crippen molar-refractivity contribution in [3.8, 4) is 0 Å². The van der Waals surface area contributed by atoms with Crippen LogP contribution in [0.5, 0.6) is 0 Å². The van der Waals surface area contributed by atoms with Gasteiger partial charge in [0.15, 0.2) is 0 Å². The first-order valence-electron chi connectivity index (χ1n) is 8.09. The topological polar surface area (TPSA) is 64.0 Å². The Balaban J connectivity index is 1.85. The zero-order valence-corrected chi connectivity index (χ0v) is 15.8. The van der Waals surface area contributed by atoms with Crippen LogP contribution in [0, 0.1) is 0 Å². The van der Waals surface area contributed by atoms with Gasteiger partial charge in [-0.2, -0.15) is 0 Å². The second-order valence-electron chi connectivity index (χ2n) is 6.29. The molecule has 134 valence electrons. The number of nitrogens with zero attached hydrogens (tertiary/aromatic N) is 2. The van der Waals surface area contributed by atoms with Crippen molar-refractivity contribution in [1.82, 2.24) is 9.55 Å². The van der Waals surface area contributed by atoms with Crippen LogP contribution in [-0.4, -0.2) is 15.5 Å². The molecule has 0 spiro atoms. The third-order valence-corrected chi connectivity index (χ3v) is 4.50. The quantitative estimate of drug-likeness (QED) is 0.715. The molecule has 3 aromatic rings. The van der Waals surface area contributed by atoms with Crippen molar-refractivity contribution in [3.05, 3.63) is 68.7 Å². The normalized spacial score (nSPS) is 11.1. The van der Waals surface area contributed by atoms with Gasteiger partial charge in [-0.3, -0.25) is 14.2 Å². The summed E-state index contributed by atoms with van der Waals surface area (Å²) in [4.78, 5) is 29.1. The molecule has 2 aromatic carbocycles. The minimum absolute atomic E-state index is 0.155. The standard InChI is InChI=1S/C19H17Cl2N3O2/c1-11(2)12-4-3-5-14(6-12)23-17(25)9-24-10-22-18-15(19(24)26)7-13(20)8-16(18)21/h3-8,10-11H,9H2,1-2H3,(H,23,25). The van der Waals surface area contributed by atoms with Gasteiger partial charge in [-0.05, 0) is 35.7 Å². The van der Waals surface area contributed by atoms with Gasteiger partial charge in [-0.1, -0.05) is 49.2 Å². The lowest BCUT2D eigenvalue weighted by Gasteiger charge is -2.11. The second-order valence-corrected chi connectivity index (χ2v) is 7.13. The van der Waals surface area contributed by atoms with Crippen molar-refractivity contribution in [2.45, 2.75) is 26.3 Å². The van der Waals surface area contributed by atoms with Crippen LogP contribution in [0.25, 0.3) is 10.9 Å². The molecule has 1 heterocycles. The van der Waals surface area contributed by atoms with E-state index in [1.807, 2.05) is 24.3 Å². The summed E-state index contributed by atoms with van der Waals surface area (Å²) in [6.07, 6.45) is 1.31. The van der Waals surface area contributed by atoms with Gasteiger partial charge in [-0.25, -0.2) is 4.98 Å². The smallest absolute Gasteiger partial charge is 0.261 e. The van der Waals surface area contributed by atoms with Gasteiger partial charge >= 0.3 is 0 Å². The second kappa shape index (κ2) is 7.48. The monoisotopic (exact) mass is 389 g/mol. The maximum atomic E-state index is 12.6. The molecular formula is C19H17Cl2N3O2. The molecule has 1 amide bonds. The third-order valence-electron chi connectivity index (χ3n) is 4.00. The van der Waals surface area contributed by atoms with E-state index in [0.29, 0.717) is 27.2 Å². The number of aromatic nitrogens is 2. The molecule has 0 atom stereocenters. The van der Waals surface area contributed by atoms with Gasteiger partial charge in [0.05, 0.1) is 22.3 Å². The molecule has 1 N–H and O–H groups in total. The summed E-state index contributed by atoms with van der Waals surface area (Å²) in [7, 11) is 0. The summed E-state index contributed by atoms with van der Waals surface area (Å²) in [5.41, 5.74) is 1.80. The molecule has 0 fully saturated rings. The highest BCUT2D eigenvalue weighted by Gasteiger charge is 2.12. The fourth-order valence-electron chi connectivity index (χ4n) is 2.64. The Morgan fingerprint density at radius 2 is 2.00 bits per heavy atom. The van der Waals surface area contributed by atoms with E-state index >= 15 is 0 Å². The van der Waals surface area contributed by atoms with E-state index in [1.54, 1.807) is 0 Å². The summed E-state index contributed by atoms with van der Waals surface area (Å²) in [6, 6.07) is 10.6. The highest BCUT2D eigenvalue weighted by molar-refractivity contribution is 6.38. The number of rotatable bonds is 4. The summed E-state index contributed by atoms with van der Waals surface area (Å²) in [5.74, 6) is 0.0379. The number of carbonyl (C=O) groups excluding carboxylic acids is 1. The number of halogens is 2. The van der Waals surface area contributed by atoms with Gasteiger partial charge in [0, 0.05) is 10.7 Å². The summed E-state index contributed by atoms with van der Waals surface area (Å²) < 4.78 is 1.23. The van der Waals surface area contributed by atoms with E-state index in [-0.39, 0.29) is 23.4 Å². The van der Waals surface area contributed by atoms with E-state index in [1.165, 1.54) is 23.0 Å². The van der Waals surface area contributed by atoms with Crippen LogP contribution in [0.15, 0.2) is 47.5 Å². The van der Waals surface area contributed by atoms with Crippen LogP contribution in [0.2, 0.25) is 10.0 Å². The molecule has 7 heteroatoms. The first-order valence-corrected chi connectivity index (χ1v) is 8.84. The molecule has 3 rings (SSSR count). The van der Waals surface area contributed by atoms with Crippen LogP contribution in [0.3, 0.4) is 0 Å². The lowest BCUT2D eigenvalue weighted by molar-refractivity contribution is -0.116. The number of hydrogen-bond acceptors (Lipinski definition) is 3. The predicted octanol–water partition coefficient (Wildman–Crippen LogP) is 4.47. The molecule has 0 saturated carbocycles. The fourth-order valence-corrected chi connectivity index (χ4v) is 3.18. The summed E-state index contributed by atoms with van der Waals surface area (Å²) in [5, 5.41) is 3.72. The first kappa shape index (κ1) is 18.4. The average molecular weight is 390 g/mol. The maximum Gasteiger partial charge on any atom is 0.261 e. The molecule has 0 bridgehead atoms. The Morgan fingerprint density at radius 3 is 2.73 bits per heavy atom. The van der Waals surface area contributed by atoms with Gasteiger partial charge in [-0.15, -0.1) is 0 Å². The Hall–Kier alpha value is -2.37. The number of carbonyl (C=O) groups is 1. The molecule has 0 aliphatic carbocycles. The Kier molecular flexibility index (Phi) is 5.30. The molecular weight excluding hydrogens is 373 g/mol. The van der Waals surface area contributed by atoms with Gasteiger partial charge in [0.25, 0.3) is 5.56 Å². The number of amides is 1. The molecule has 0 unspecified atom stereocenters. The molecule has 5 nitrogen and oxygen atoms in total. The SMILES string of the molecule is CC(C)c1cccc(NC(=O)Cn2cnc3c(Cl)cc(Cl)cc3c2=O)c1. The lowest BCUT2D eigenvalue weighted by Crippen LogP contribution is -2.28. The Labute approximate surface area is 160 Å². The zero-order chi connectivity index (χ0) is 18.8. The fraction of sp³-hybridized carbons (Fsp3) is 0.211. The average Bonchev–Trinajstić information content (AvgIpc) is 2.58. The maximum absolute atomic E-state index is 12.6. The van der Waals surface area contributed by atoms with E-state index in [9.17, 15) is 9.59 Å². The van der Waals surface area contributed by atoms with Gasteiger partial charge in [0.1, 0.15) is 6.54 Å². The number of nitrogens with one attached hydrogen (secondary N) is 1. The molecule has 0 saturated heterocycles. The number of hydrogen-bond donors (Lipinski definition) is 1. The van der Waals surface area contributed by atoms with Crippen molar-refractivity contribution >= 4 is 45.7 Å². The van der Waals surface area contributed by atoms with E-state index in [2.05, 4.69) is 24.1 Å². The third kappa shape index (κ3) is 3.89. The minimum Gasteiger partial charge on any atom is -0.325 e. The van der Waals surface area contributed by atoms with Crippen molar-refractivity contribution in [1.29, 1.82) is 0 Å². The van der Waals surface area contributed by atoms with Crippen molar-refractivity contribution in [3.63, 3.8) is 0 Å². The molecule has 26 heavy (non-hydrogen) atoms. The summed E-state index contributed by atoms with van der Waals surface area (Å²) >= 11 is 12.0. The number of anilines is 1. The van der Waals surface area contributed by atoms with Crippen LogP contribution in [-0.2, 0) is 11.3 Å². The van der Waals surface area contributed by atoms with Gasteiger partial charge < -0.3 is 5.32 Å². The van der Waals surface area contributed by atoms with E-state index in [0.717, 1.165) is 5.56 Å². The minimum atomic E-state index is -0.370. The molecule has 0 aliphatic rings. The van der Waals surface area contributed by atoms with Crippen LogP contribution in [0.4, 0.5) is 5.69 Å². The highest BCUT2D eigenvalue weighted by Crippen LogP contribution is 2.24. The van der Waals surface area contributed by atoms with E-state index < -0.39 is 0 Å². The number of fused-ring (bicyclic) bond motifs is 1. The van der Waals surface area contributed by atoms with Gasteiger partial charge in [0.2, 0.25) is 5.91 Å².